The third kappa shape index (κ3) is 1.97. The summed E-state index contributed by atoms with van der Waals surface area (Å²) >= 11 is 5.81. The van der Waals surface area contributed by atoms with Crippen molar-refractivity contribution >= 4 is 34.2 Å². The summed E-state index contributed by atoms with van der Waals surface area (Å²) in [6.07, 6.45) is 1.27. The average Bonchev–Trinajstić information content (AvgIpc) is 2.36. The largest absolute Gasteiger partial charge is 0.465 e. The van der Waals surface area contributed by atoms with Crippen LogP contribution in [0.5, 0.6) is 0 Å². The number of ether oxygens (including phenoxy) is 1. The number of hydrogen-bond donors (Lipinski definition) is 1. The number of esters is 1. The summed E-state index contributed by atoms with van der Waals surface area (Å²) in [5.41, 5.74) is 0.818. The molecule has 6 heteroatoms. The van der Waals surface area contributed by atoms with Gasteiger partial charge in [-0.3, -0.25) is 4.98 Å². The molecule has 94 valence electrons. The predicted molar refractivity (Wildman–Crippen MR) is 67.6 cm³/mol. The minimum atomic E-state index is -0.547. The van der Waals surface area contributed by atoms with Gasteiger partial charge in [0.2, 0.25) is 0 Å². The zero-order valence-corrected chi connectivity index (χ0v) is 10.5. The van der Waals surface area contributed by atoms with E-state index in [0.717, 1.165) is 0 Å². The molecule has 0 saturated heterocycles. The lowest BCUT2D eigenvalue weighted by Crippen LogP contribution is -2.07. The minimum Gasteiger partial charge on any atom is -0.465 e. The van der Waals surface area contributed by atoms with Crippen LogP contribution in [0.1, 0.15) is 10.4 Å². The SMILES string of the molecule is CNc1c(C(=O)OC)cnc2c(F)cc(Cl)cc12. The molecule has 0 aliphatic rings. The van der Waals surface area contributed by atoms with Gasteiger partial charge in [0.15, 0.2) is 5.82 Å². The van der Waals surface area contributed by atoms with Gasteiger partial charge in [0, 0.05) is 23.7 Å². The van der Waals surface area contributed by atoms with E-state index in [1.165, 1.54) is 19.4 Å². The number of halogens is 2. The van der Waals surface area contributed by atoms with Crippen LogP contribution in [0.3, 0.4) is 0 Å². The molecule has 2 aromatic rings. The van der Waals surface area contributed by atoms with Gasteiger partial charge >= 0.3 is 5.97 Å². The molecule has 0 aliphatic carbocycles. The lowest BCUT2D eigenvalue weighted by molar-refractivity contribution is 0.0601. The third-order valence-corrected chi connectivity index (χ3v) is 2.76. The van der Waals surface area contributed by atoms with E-state index in [-0.39, 0.29) is 16.1 Å². The predicted octanol–water partition coefficient (Wildman–Crippen LogP) is 2.86. The maximum Gasteiger partial charge on any atom is 0.341 e. The summed E-state index contributed by atoms with van der Waals surface area (Å²) in [5.74, 6) is -1.08. The molecule has 0 unspecified atom stereocenters. The fourth-order valence-electron chi connectivity index (χ4n) is 1.76. The Hall–Kier alpha value is -1.88. The van der Waals surface area contributed by atoms with Gasteiger partial charge in [0.1, 0.15) is 11.1 Å². The Morgan fingerprint density at radius 1 is 1.50 bits per heavy atom. The minimum absolute atomic E-state index is 0.149. The molecule has 0 amide bonds. The van der Waals surface area contributed by atoms with E-state index in [1.54, 1.807) is 13.1 Å². The maximum atomic E-state index is 13.7. The maximum absolute atomic E-state index is 13.7. The summed E-state index contributed by atoms with van der Waals surface area (Å²) in [5, 5.41) is 3.51. The Morgan fingerprint density at radius 3 is 2.83 bits per heavy atom. The Labute approximate surface area is 108 Å². The van der Waals surface area contributed by atoms with Crippen LogP contribution in [0.4, 0.5) is 10.1 Å². The number of anilines is 1. The van der Waals surface area contributed by atoms with Crippen molar-refractivity contribution < 1.29 is 13.9 Å². The van der Waals surface area contributed by atoms with Gasteiger partial charge in [0.25, 0.3) is 0 Å². The molecule has 0 fully saturated rings. The first kappa shape index (κ1) is 12.6. The molecule has 1 aromatic carbocycles. The molecular weight excluding hydrogens is 259 g/mol. The van der Waals surface area contributed by atoms with Gasteiger partial charge in [-0.1, -0.05) is 11.6 Å². The van der Waals surface area contributed by atoms with Gasteiger partial charge < -0.3 is 10.1 Å². The molecule has 0 aliphatic heterocycles. The van der Waals surface area contributed by atoms with Crippen molar-refractivity contribution in [2.45, 2.75) is 0 Å². The van der Waals surface area contributed by atoms with E-state index in [9.17, 15) is 9.18 Å². The lowest BCUT2D eigenvalue weighted by atomic mass is 10.1. The number of nitrogens with one attached hydrogen (secondary N) is 1. The van der Waals surface area contributed by atoms with E-state index in [4.69, 9.17) is 11.6 Å². The number of aromatic nitrogens is 1. The number of pyridine rings is 1. The van der Waals surface area contributed by atoms with Crippen LogP contribution in [-0.4, -0.2) is 25.1 Å². The highest BCUT2D eigenvalue weighted by Crippen LogP contribution is 2.30. The number of nitrogens with zero attached hydrogens (tertiary/aromatic N) is 1. The van der Waals surface area contributed by atoms with Gasteiger partial charge in [-0.15, -0.1) is 0 Å². The molecule has 0 bridgehead atoms. The second-order valence-corrected chi connectivity index (χ2v) is 4.01. The number of methoxy groups -OCH3 is 1. The standard InChI is InChI=1S/C12H10ClFN2O2/c1-15-10-7-3-6(13)4-9(14)11(7)16-5-8(10)12(17)18-2/h3-5H,1-2H3,(H,15,16). The molecule has 1 heterocycles. The Bertz CT molecular complexity index is 631. The fourth-order valence-corrected chi connectivity index (χ4v) is 1.97. The van der Waals surface area contributed by atoms with Crippen LogP contribution in [0.25, 0.3) is 10.9 Å². The fraction of sp³-hybridized carbons (Fsp3) is 0.167. The van der Waals surface area contributed by atoms with Crippen LogP contribution < -0.4 is 5.32 Å². The number of rotatable bonds is 2. The molecule has 0 atom stereocenters. The Kier molecular flexibility index (Phi) is 3.34. The quantitative estimate of drug-likeness (QED) is 0.851. The van der Waals surface area contributed by atoms with Crippen LogP contribution >= 0.6 is 11.6 Å². The number of benzene rings is 1. The summed E-state index contributed by atoms with van der Waals surface area (Å²) in [6, 6.07) is 2.72. The molecule has 1 N–H and O–H groups in total. The van der Waals surface area contributed by atoms with Gasteiger partial charge in [-0.05, 0) is 12.1 Å². The van der Waals surface area contributed by atoms with Crippen molar-refractivity contribution in [2.75, 3.05) is 19.5 Å². The number of fused-ring (bicyclic) bond motifs is 1. The Balaban J connectivity index is 2.82. The normalized spacial score (nSPS) is 10.4. The van der Waals surface area contributed by atoms with E-state index in [2.05, 4.69) is 15.0 Å². The molecular formula is C12H10ClFN2O2. The lowest BCUT2D eigenvalue weighted by Gasteiger charge is -2.11. The highest BCUT2D eigenvalue weighted by molar-refractivity contribution is 6.31. The van der Waals surface area contributed by atoms with Gasteiger partial charge in [0.05, 0.1) is 12.8 Å². The van der Waals surface area contributed by atoms with Crippen molar-refractivity contribution in [3.05, 3.63) is 34.7 Å². The number of carbonyl (C=O) groups excluding carboxylic acids is 1. The number of carbonyl (C=O) groups is 1. The molecule has 1 aromatic heterocycles. The van der Waals surface area contributed by atoms with Gasteiger partial charge in [-0.25, -0.2) is 9.18 Å². The third-order valence-electron chi connectivity index (χ3n) is 2.54. The second kappa shape index (κ2) is 4.78. The van der Waals surface area contributed by atoms with Crippen LogP contribution in [0, 0.1) is 5.82 Å². The van der Waals surface area contributed by atoms with Crippen molar-refractivity contribution in [3.8, 4) is 0 Å². The topological polar surface area (TPSA) is 51.2 Å². The summed E-state index contributed by atoms with van der Waals surface area (Å²) in [6.45, 7) is 0. The first-order valence-corrected chi connectivity index (χ1v) is 5.50. The molecule has 18 heavy (non-hydrogen) atoms. The zero-order valence-electron chi connectivity index (χ0n) is 9.75. The van der Waals surface area contributed by atoms with E-state index in [0.29, 0.717) is 11.1 Å². The highest BCUT2D eigenvalue weighted by Gasteiger charge is 2.17. The van der Waals surface area contributed by atoms with Crippen molar-refractivity contribution in [2.24, 2.45) is 0 Å². The smallest absolute Gasteiger partial charge is 0.341 e. The van der Waals surface area contributed by atoms with Crippen LogP contribution in [0.2, 0.25) is 5.02 Å². The van der Waals surface area contributed by atoms with E-state index >= 15 is 0 Å². The van der Waals surface area contributed by atoms with E-state index < -0.39 is 11.8 Å². The first-order chi connectivity index (χ1) is 8.58. The van der Waals surface area contributed by atoms with Crippen LogP contribution in [0.15, 0.2) is 18.3 Å². The summed E-state index contributed by atoms with van der Waals surface area (Å²) in [4.78, 5) is 15.5. The van der Waals surface area contributed by atoms with Gasteiger partial charge in [-0.2, -0.15) is 0 Å². The zero-order chi connectivity index (χ0) is 13.3. The van der Waals surface area contributed by atoms with Crippen LogP contribution in [-0.2, 0) is 4.74 Å². The highest BCUT2D eigenvalue weighted by atomic mass is 35.5. The molecule has 2 rings (SSSR count). The second-order valence-electron chi connectivity index (χ2n) is 3.57. The molecule has 0 spiro atoms. The Morgan fingerprint density at radius 2 is 2.22 bits per heavy atom. The molecule has 4 nitrogen and oxygen atoms in total. The molecule has 0 saturated carbocycles. The van der Waals surface area contributed by atoms with Crippen molar-refractivity contribution in [1.82, 2.24) is 4.98 Å². The van der Waals surface area contributed by atoms with E-state index in [1.807, 2.05) is 0 Å². The average molecular weight is 269 g/mol. The summed E-state index contributed by atoms with van der Waals surface area (Å²) < 4.78 is 18.3. The number of hydrogen-bond acceptors (Lipinski definition) is 4. The summed E-state index contributed by atoms with van der Waals surface area (Å²) in [7, 11) is 2.89. The van der Waals surface area contributed by atoms with Crippen molar-refractivity contribution in [1.29, 1.82) is 0 Å². The first-order valence-electron chi connectivity index (χ1n) is 5.12. The monoisotopic (exact) mass is 268 g/mol. The molecule has 0 radical (unpaired) electrons. The van der Waals surface area contributed by atoms with Crippen molar-refractivity contribution in [3.63, 3.8) is 0 Å².